The Morgan fingerprint density at radius 1 is 1.50 bits per heavy atom. The Bertz CT molecular complexity index is 815. The average molecular weight is 335 g/mol. The van der Waals surface area contributed by atoms with Gasteiger partial charge >= 0.3 is 0 Å². The molecule has 8 heteroatoms. The summed E-state index contributed by atoms with van der Waals surface area (Å²) >= 11 is 0. The summed E-state index contributed by atoms with van der Waals surface area (Å²) in [6.45, 7) is 2.41. The van der Waals surface area contributed by atoms with Crippen LogP contribution >= 0.6 is 0 Å². The average Bonchev–Trinajstić information content (AvgIpc) is 2.58. The molecule has 1 atom stereocenters. The molecule has 1 aliphatic rings. The zero-order valence-electron chi connectivity index (χ0n) is 13.3. The summed E-state index contributed by atoms with van der Waals surface area (Å²) < 4.78 is 19.7. The lowest BCUT2D eigenvalue weighted by atomic mass is 10.2. The van der Waals surface area contributed by atoms with Gasteiger partial charge in [-0.05, 0) is 44.4 Å². The highest BCUT2D eigenvalue weighted by Crippen LogP contribution is 2.13. The Balaban J connectivity index is 2.01. The maximum Gasteiger partial charge on any atom is 0.294 e. The first-order chi connectivity index (χ1) is 11.6. The van der Waals surface area contributed by atoms with E-state index in [2.05, 4.69) is 10.3 Å². The van der Waals surface area contributed by atoms with Crippen molar-refractivity contribution in [1.29, 1.82) is 0 Å². The van der Waals surface area contributed by atoms with E-state index in [1.54, 1.807) is 6.92 Å². The maximum atomic E-state index is 13.4. The minimum Gasteiger partial charge on any atom is -0.409 e. The SMILES string of the molecule is CCOn1c(C(=O)NC2CCCCO2)nc2ccc(F)cc2c1=O. The summed E-state index contributed by atoms with van der Waals surface area (Å²) in [5.74, 6) is -1.31. The van der Waals surface area contributed by atoms with Crippen LogP contribution in [0, 0.1) is 5.82 Å². The summed E-state index contributed by atoms with van der Waals surface area (Å²) in [6, 6.07) is 3.62. The van der Waals surface area contributed by atoms with E-state index in [0.29, 0.717) is 13.0 Å². The molecule has 1 N–H and O–H groups in total. The minimum atomic E-state index is -0.629. The van der Waals surface area contributed by atoms with Gasteiger partial charge in [0.15, 0.2) is 0 Å². The summed E-state index contributed by atoms with van der Waals surface area (Å²) in [5, 5.41) is 2.75. The highest BCUT2D eigenvalue weighted by Gasteiger charge is 2.23. The molecule has 1 aliphatic heterocycles. The predicted octanol–water partition coefficient (Wildman–Crippen LogP) is 1.24. The van der Waals surface area contributed by atoms with Crippen LogP contribution < -0.4 is 15.7 Å². The third-order valence-electron chi connectivity index (χ3n) is 3.73. The Labute approximate surface area is 137 Å². The molecule has 1 aromatic heterocycles. The first-order valence-electron chi connectivity index (χ1n) is 7.88. The summed E-state index contributed by atoms with van der Waals surface area (Å²) in [6.07, 6.45) is 2.19. The number of benzene rings is 1. The molecule has 2 aromatic rings. The highest BCUT2D eigenvalue weighted by molar-refractivity contribution is 5.93. The van der Waals surface area contributed by atoms with Crippen molar-refractivity contribution in [3.05, 3.63) is 40.2 Å². The van der Waals surface area contributed by atoms with Crippen LogP contribution in [0.4, 0.5) is 4.39 Å². The Morgan fingerprint density at radius 2 is 2.33 bits per heavy atom. The molecule has 0 saturated carbocycles. The molecule has 0 aliphatic carbocycles. The molecule has 2 heterocycles. The number of hydrogen-bond acceptors (Lipinski definition) is 5. The second kappa shape index (κ2) is 6.96. The zero-order chi connectivity index (χ0) is 17.1. The number of amides is 1. The van der Waals surface area contributed by atoms with E-state index < -0.39 is 23.5 Å². The van der Waals surface area contributed by atoms with Crippen molar-refractivity contribution < 1.29 is 18.8 Å². The van der Waals surface area contributed by atoms with Gasteiger partial charge in [-0.15, -0.1) is 4.73 Å². The van der Waals surface area contributed by atoms with Gasteiger partial charge in [-0.3, -0.25) is 9.59 Å². The van der Waals surface area contributed by atoms with Crippen LogP contribution in [-0.4, -0.2) is 35.1 Å². The quantitative estimate of drug-likeness (QED) is 0.909. The smallest absolute Gasteiger partial charge is 0.294 e. The van der Waals surface area contributed by atoms with Gasteiger partial charge in [0.25, 0.3) is 11.5 Å². The molecule has 1 unspecified atom stereocenters. The van der Waals surface area contributed by atoms with Gasteiger partial charge in [-0.1, -0.05) is 0 Å². The van der Waals surface area contributed by atoms with Crippen LogP contribution in [0.2, 0.25) is 0 Å². The number of rotatable bonds is 4. The van der Waals surface area contributed by atoms with Crippen LogP contribution in [0.3, 0.4) is 0 Å². The van der Waals surface area contributed by atoms with Gasteiger partial charge in [0.2, 0.25) is 5.82 Å². The monoisotopic (exact) mass is 335 g/mol. The molecule has 128 valence electrons. The van der Waals surface area contributed by atoms with E-state index in [9.17, 15) is 14.0 Å². The zero-order valence-corrected chi connectivity index (χ0v) is 13.3. The third kappa shape index (κ3) is 3.23. The lowest BCUT2D eigenvalue weighted by molar-refractivity contribution is -0.00395. The molecule has 0 radical (unpaired) electrons. The van der Waals surface area contributed by atoms with Crippen LogP contribution in [0.1, 0.15) is 36.8 Å². The molecule has 1 fully saturated rings. The second-order valence-corrected chi connectivity index (χ2v) is 5.44. The lowest BCUT2D eigenvalue weighted by Gasteiger charge is -2.23. The molecular weight excluding hydrogens is 317 g/mol. The Morgan fingerprint density at radius 3 is 3.04 bits per heavy atom. The predicted molar refractivity (Wildman–Crippen MR) is 84.1 cm³/mol. The fraction of sp³-hybridized carbons (Fsp3) is 0.438. The molecule has 3 rings (SSSR count). The molecule has 1 amide bonds. The van der Waals surface area contributed by atoms with Gasteiger partial charge in [-0.25, -0.2) is 9.37 Å². The largest absolute Gasteiger partial charge is 0.409 e. The van der Waals surface area contributed by atoms with Crippen molar-refractivity contribution in [2.75, 3.05) is 13.2 Å². The second-order valence-electron chi connectivity index (χ2n) is 5.44. The lowest BCUT2D eigenvalue weighted by Crippen LogP contribution is -2.43. The number of fused-ring (bicyclic) bond motifs is 1. The molecule has 0 spiro atoms. The van der Waals surface area contributed by atoms with Crippen LogP contribution in [0.15, 0.2) is 23.0 Å². The standard InChI is InChI=1S/C16H18FN3O4/c1-2-24-20-14(15(21)19-13-5-3-4-8-23-13)18-12-7-6-10(17)9-11(12)16(20)22/h6-7,9,13H,2-5,8H2,1H3,(H,19,21). The first kappa shape index (κ1) is 16.4. The number of nitrogens with one attached hydrogen (secondary N) is 1. The molecule has 0 bridgehead atoms. The summed E-state index contributed by atoms with van der Waals surface area (Å²) in [7, 11) is 0. The Kier molecular flexibility index (Phi) is 4.75. The summed E-state index contributed by atoms with van der Waals surface area (Å²) in [5.41, 5.74) is -0.400. The maximum absolute atomic E-state index is 13.4. The normalized spacial score (nSPS) is 17.7. The van der Waals surface area contributed by atoms with E-state index in [4.69, 9.17) is 9.57 Å². The van der Waals surface area contributed by atoms with E-state index in [1.807, 2.05) is 0 Å². The van der Waals surface area contributed by atoms with Crippen molar-refractivity contribution in [2.45, 2.75) is 32.4 Å². The number of carbonyl (C=O) groups excluding carboxylic acids is 1. The van der Waals surface area contributed by atoms with E-state index >= 15 is 0 Å². The van der Waals surface area contributed by atoms with Gasteiger partial charge in [0.05, 0.1) is 10.9 Å². The van der Waals surface area contributed by atoms with Crippen LogP contribution in [-0.2, 0) is 4.74 Å². The van der Waals surface area contributed by atoms with E-state index in [1.165, 1.54) is 12.1 Å². The van der Waals surface area contributed by atoms with Gasteiger partial charge in [0.1, 0.15) is 18.7 Å². The van der Waals surface area contributed by atoms with Crippen LogP contribution in [0.25, 0.3) is 10.9 Å². The van der Waals surface area contributed by atoms with Gasteiger partial charge < -0.3 is 14.9 Å². The van der Waals surface area contributed by atoms with Crippen molar-refractivity contribution >= 4 is 16.8 Å². The molecule has 24 heavy (non-hydrogen) atoms. The highest BCUT2D eigenvalue weighted by atomic mass is 19.1. The molecule has 1 saturated heterocycles. The van der Waals surface area contributed by atoms with E-state index in [0.717, 1.165) is 23.6 Å². The topological polar surface area (TPSA) is 82.4 Å². The minimum absolute atomic E-state index is 0.0499. The number of aromatic nitrogens is 2. The molecule has 1 aromatic carbocycles. The number of hydrogen-bond donors (Lipinski definition) is 1. The van der Waals surface area contributed by atoms with Gasteiger partial charge in [0, 0.05) is 6.61 Å². The molecular formula is C16H18FN3O4. The molecule has 7 nitrogen and oxygen atoms in total. The Hall–Kier alpha value is -2.48. The van der Waals surface area contributed by atoms with Gasteiger partial charge in [-0.2, -0.15) is 0 Å². The fourth-order valence-electron chi connectivity index (χ4n) is 2.60. The van der Waals surface area contributed by atoms with E-state index in [-0.39, 0.29) is 23.3 Å². The first-order valence-corrected chi connectivity index (χ1v) is 7.88. The number of ether oxygens (including phenoxy) is 1. The number of carbonyl (C=O) groups is 1. The van der Waals surface area contributed by atoms with Crippen LogP contribution in [0.5, 0.6) is 0 Å². The van der Waals surface area contributed by atoms with Crippen molar-refractivity contribution in [3.63, 3.8) is 0 Å². The number of halogens is 1. The summed E-state index contributed by atoms with van der Waals surface area (Å²) in [4.78, 5) is 34.4. The third-order valence-corrected chi connectivity index (χ3v) is 3.73. The number of nitrogens with zero attached hydrogens (tertiary/aromatic N) is 2. The fourth-order valence-corrected chi connectivity index (χ4v) is 2.60. The van der Waals surface area contributed by atoms with Crippen molar-refractivity contribution in [1.82, 2.24) is 15.0 Å². The van der Waals surface area contributed by atoms with Crippen molar-refractivity contribution in [3.8, 4) is 0 Å². The van der Waals surface area contributed by atoms with Crippen molar-refractivity contribution in [2.24, 2.45) is 0 Å².